The Morgan fingerprint density at radius 2 is 2.00 bits per heavy atom. The number of fused-ring (bicyclic) bond motifs is 1. The summed E-state index contributed by atoms with van der Waals surface area (Å²) in [6, 6.07) is 5.88. The summed E-state index contributed by atoms with van der Waals surface area (Å²) < 4.78 is 19.0. The molecule has 0 aliphatic heterocycles. The van der Waals surface area contributed by atoms with Gasteiger partial charge in [0.2, 0.25) is 0 Å². The monoisotopic (exact) mass is 295 g/mol. The summed E-state index contributed by atoms with van der Waals surface area (Å²) in [4.78, 5) is 25.3. The third kappa shape index (κ3) is 2.96. The van der Waals surface area contributed by atoms with Crippen LogP contribution in [0.2, 0.25) is 0 Å². The van der Waals surface area contributed by atoms with Gasteiger partial charge in [-0.15, -0.1) is 11.3 Å². The number of hydrogen-bond acceptors (Lipinski definition) is 4. The molecule has 0 bridgehead atoms. The third-order valence-electron chi connectivity index (χ3n) is 2.75. The lowest BCUT2D eigenvalue weighted by Crippen LogP contribution is -2.34. The van der Waals surface area contributed by atoms with Crippen molar-refractivity contribution in [2.24, 2.45) is 0 Å². The topological polar surface area (TPSA) is 46.6 Å². The Hall–Kier alpha value is -1.95. The smallest absolute Gasteiger partial charge is 0.349 e. The number of carbonyl (C=O) groups is 2. The molecule has 1 aromatic carbocycles. The van der Waals surface area contributed by atoms with Crippen molar-refractivity contribution in [1.29, 1.82) is 0 Å². The lowest BCUT2D eigenvalue weighted by molar-refractivity contribution is -0.137. The van der Waals surface area contributed by atoms with Gasteiger partial charge in [0.05, 0.1) is 0 Å². The van der Waals surface area contributed by atoms with Gasteiger partial charge in [0.15, 0.2) is 6.10 Å². The van der Waals surface area contributed by atoms with Crippen LogP contribution < -0.4 is 0 Å². The van der Waals surface area contributed by atoms with Crippen LogP contribution in [0.15, 0.2) is 24.3 Å². The molecule has 2 aromatic rings. The van der Waals surface area contributed by atoms with Crippen molar-refractivity contribution >= 4 is 33.3 Å². The minimum atomic E-state index is -0.848. The molecular formula is C14H14FNO3S. The van der Waals surface area contributed by atoms with Crippen molar-refractivity contribution < 1.29 is 18.7 Å². The number of thiophene rings is 1. The maximum absolute atomic E-state index is 13.1. The number of likely N-dealkylation sites (N-methyl/N-ethyl adjacent to an activating group) is 1. The molecule has 0 fully saturated rings. The van der Waals surface area contributed by atoms with E-state index in [9.17, 15) is 14.0 Å². The SMILES string of the molecule is C[C@@H](OC(=O)c1cc2cc(F)ccc2s1)C(=O)N(C)C. The van der Waals surface area contributed by atoms with Crippen molar-refractivity contribution in [1.82, 2.24) is 4.90 Å². The van der Waals surface area contributed by atoms with Crippen molar-refractivity contribution in [3.63, 3.8) is 0 Å². The second-order valence-corrected chi connectivity index (χ2v) is 5.66. The van der Waals surface area contributed by atoms with Crippen LogP contribution in [-0.2, 0) is 9.53 Å². The Morgan fingerprint density at radius 1 is 1.30 bits per heavy atom. The zero-order chi connectivity index (χ0) is 14.9. The molecule has 0 aliphatic rings. The Balaban J connectivity index is 2.17. The summed E-state index contributed by atoms with van der Waals surface area (Å²) in [6.07, 6.45) is -0.848. The molecule has 1 amide bonds. The number of nitrogens with zero attached hydrogens (tertiary/aromatic N) is 1. The Morgan fingerprint density at radius 3 is 2.65 bits per heavy atom. The van der Waals surface area contributed by atoms with Gasteiger partial charge in [-0.25, -0.2) is 9.18 Å². The highest BCUT2D eigenvalue weighted by molar-refractivity contribution is 7.20. The van der Waals surface area contributed by atoms with Crippen molar-refractivity contribution in [3.05, 3.63) is 35.0 Å². The molecule has 0 aliphatic carbocycles. The van der Waals surface area contributed by atoms with E-state index in [0.717, 1.165) is 4.70 Å². The maximum atomic E-state index is 13.1. The van der Waals surface area contributed by atoms with Crippen LogP contribution in [0.3, 0.4) is 0 Å². The van der Waals surface area contributed by atoms with Crippen LogP contribution >= 0.6 is 11.3 Å². The first kappa shape index (κ1) is 14.5. The number of carbonyl (C=O) groups excluding carboxylic acids is 2. The summed E-state index contributed by atoms with van der Waals surface area (Å²) in [6.45, 7) is 1.52. The minimum Gasteiger partial charge on any atom is -0.448 e. The van der Waals surface area contributed by atoms with Crippen molar-refractivity contribution in [2.45, 2.75) is 13.0 Å². The highest BCUT2D eigenvalue weighted by Gasteiger charge is 2.21. The average molecular weight is 295 g/mol. The standard InChI is InChI=1S/C14H14FNO3S/c1-8(13(17)16(2)3)19-14(18)12-7-9-6-10(15)4-5-11(9)20-12/h4-8H,1-3H3/t8-/m1/s1. The number of hydrogen-bond donors (Lipinski definition) is 0. The molecule has 20 heavy (non-hydrogen) atoms. The van der Waals surface area contributed by atoms with E-state index < -0.39 is 12.1 Å². The number of amides is 1. The predicted molar refractivity (Wildman–Crippen MR) is 75.4 cm³/mol. The summed E-state index contributed by atoms with van der Waals surface area (Å²) in [5.41, 5.74) is 0. The van der Waals surface area contributed by atoms with Gasteiger partial charge in [-0.3, -0.25) is 4.79 Å². The lowest BCUT2D eigenvalue weighted by Gasteiger charge is -2.16. The third-order valence-corrected chi connectivity index (χ3v) is 3.85. The number of esters is 1. The maximum Gasteiger partial charge on any atom is 0.349 e. The van der Waals surface area contributed by atoms with Crippen molar-refractivity contribution in [2.75, 3.05) is 14.1 Å². The molecule has 2 rings (SSSR count). The minimum absolute atomic E-state index is 0.287. The van der Waals surface area contributed by atoms with Gasteiger partial charge in [0.1, 0.15) is 10.7 Å². The Labute approximate surface area is 119 Å². The molecule has 6 heteroatoms. The molecule has 0 saturated carbocycles. The highest BCUT2D eigenvalue weighted by Crippen LogP contribution is 2.27. The molecule has 0 N–H and O–H groups in total. The van der Waals surface area contributed by atoms with Gasteiger partial charge in [0.25, 0.3) is 5.91 Å². The number of ether oxygens (including phenoxy) is 1. The predicted octanol–water partition coefficient (Wildman–Crippen LogP) is 2.67. The largest absolute Gasteiger partial charge is 0.448 e. The molecule has 4 nitrogen and oxygen atoms in total. The molecule has 1 atom stereocenters. The zero-order valence-corrected chi connectivity index (χ0v) is 12.2. The van der Waals surface area contributed by atoms with Gasteiger partial charge >= 0.3 is 5.97 Å². The van der Waals surface area contributed by atoms with Gasteiger partial charge < -0.3 is 9.64 Å². The van der Waals surface area contributed by atoms with E-state index in [-0.39, 0.29) is 11.7 Å². The molecule has 1 heterocycles. The first-order chi connectivity index (χ1) is 9.38. The van der Waals surface area contributed by atoms with Crippen LogP contribution in [0.1, 0.15) is 16.6 Å². The van der Waals surface area contributed by atoms with E-state index in [1.165, 1.54) is 35.3 Å². The molecule has 0 radical (unpaired) electrons. The van der Waals surface area contributed by atoms with Crippen LogP contribution in [0, 0.1) is 5.82 Å². The normalized spacial score (nSPS) is 12.2. The summed E-state index contributed by atoms with van der Waals surface area (Å²) in [5, 5.41) is 0.647. The fourth-order valence-corrected chi connectivity index (χ4v) is 2.67. The number of rotatable bonds is 3. The van der Waals surface area contributed by atoms with Crippen LogP contribution in [0.25, 0.3) is 10.1 Å². The molecule has 0 saturated heterocycles. The van der Waals surface area contributed by atoms with E-state index in [1.54, 1.807) is 26.2 Å². The summed E-state index contributed by atoms with van der Waals surface area (Å²) in [7, 11) is 3.18. The van der Waals surface area contributed by atoms with Gasteiger partial charge in [0, 0.05) is 18.8 Å². The number of halogens is 1. The molecule has 0 spiro atoms. The zero-order valence-electron chi connectivity index (χ0n) is 11.3. The fourth-order valence-electron chi connectivity index (χ4n) is 1.75. The van der Waals surface area contributed by atoms with E-state index in [2.05, 4.69) is 0 Å². The van der Waals surface area contributed by atoms with Gasteiger partial charge in [-0.2, -0.15) is 0 Å². The van der Waals surface area contributed by atoms with Crippen molar-refractivity contribution in [3.8, 4) is 0 Å². The van der Waals surface area contributed by atoms with E-state index in [0.29, 0.717) is 10.3 Å². The highest BCUT2D eigenvalue weighted by atomic mass is 32.1. The van der Waals surface area contributed by atoms with E-state index in [4.69, 9.17) is 4.74 Å². The first-order valence-electron chi connectivity index (χ1n) is 5.99. The summed E-state index contributed by atoms with van der Waals surface area (Å²) >= 11 is 1.21. The van der Waals surface area contributed by atoms with Crippen LogP contribution in [-0.4, -0.2) is 37.0 Å². The Bertz CT molecular complexity index is 665. The lowest BCUT2D eigenvalue weighted by atomic mass is 10.2. The quantitative estimate of drug-likeness (QED) is 0.818. The van der Waals surface area contributed by atoms with Gasteiger partial charge in [-0.1, -0.05) is 0 Å². The second-order valence-electron chi connectivity index (χ2n) is 4.57. The van der Waals surface area contributed by atoms with E-state index >= 15 is 0 Å². The van der Waals surface area contributed by atoms with Crippen LogP contribution in [0.5, 0.6) is 0 Å². The fraction of sp³-hybridized carbons (Fsp3) is 0.286. The number of benzene rings is 1. The molecule has 1 aromatic heterocycles. The first-order valence-corrected chi connectivity index (χ1v) is 6.81. The van der Waals surface area contributed by atoms with E-state index in [1.807, 2.05) is 0 Å². The second kappa shape index (κ2) is 5.58. The average Bonchev–Trinajstić information content (AvgIpc) is 2.80. The Kier molecular flexibility index (Phi) is 4.04. The molecule has 106 valence electrons. The summed E-state index contributed by atoms with van der Waals surface area (Å²) in [5.74, 6) is -1.22. The van der Waals surface area contributed by atoms with Crippen LogP contribution in [0.4, 0.5) is 4.39 Å². The molecule has 0 unspecified atom stereocenters. The molecular weight excluding hydrogens is 281 g/mol. The van der Waals surface area contributed by atoms with Gasteiger partial charge in [-0.05, 0) is 36.6 Å².